The van der Waals surface area contributed by atoms with E-state index in [9.17, 15) is 4.79 Å². The van der Waals surface area contributed by atoms with E-state index >= 15 is 0 Å². The fraction of sp³-hybridized carbons (Fsp3) is 0.933. The van der Waals surface area contributed by atoms with E-state index in [0.717, 1.165) is 12.8 Å². The predicted molar refractivity (Wildman–Crippen MR) is 74.1 cm³/mol. The van der Waals surface area contributed by atoms with Gasteiger partial charge in [-0.2, -0.15) is 0 Å². The van der Waals surface area contributed by atoms with E-state index < -0.39 is 5.60 Å². The van der Waals surface area contributed by atoms with E-state index in [1.165, 1.54) is 12.8 Å². The molecule has 1 amide bonds. The summed E-state index contributed by atoms with van der Waals surface area (Å²) in [6.07, 6.45) is 4.83. The summed E-state index contributed by atoms with van der Waals surface area (Å²) >= 11 is 0. The van der Waals surface area contributed by atoms with Gasteiger partial charge in [0.25, 0.3) is 0 Å². The molecule has 4 nitrogen and oxygen atoms in total. The first kappa shape index (κ1) is 14.6. The van der Waals surface area contributed by atoms with Gasteiger partial charge in [-0.1, -0.05) is 26.7 Å². The quantitative estimate of drug-likeness (QED) is 0.800. The fourth-order valence-electron chi connectivity index (χ4n) is 3.14. The van der Waals surface area contributed by atoms with Crippen LogP contribution in [0.3, 0.4) is 0 Å². The van der Waals surface area contributed by atoms with Gasteiger partial charge in [-0.3, -0.25) is 0 Å². The van der Waals surface area contributed by atoms with Crippen molar-refractivity contribution < 1.29 is 14.3 Å². The second-order valence-electron chi connectivity index (χ2n) is 7.48. The topological polar surface area (TPSA) is 50.9 Å². The summed E-state index contributed by atoms with van der Waals surface area (Å²) < 4.78 is 11.2. The largest absolute Gasteiger partial charge is 0.444 e. The molecule has 0 aromatic carbocycles. The van der Waals surface area contributed by atoms with Crippen molar-refractivity contribution in [3.63, 3.8) is 0 Å². The molecule has 0 aromatic heterocycles. The molecule has 0 bridgehead atoms. The molecule has 4 heteroatoms. The van der Waals surface area contributed by atoms with Gasteiger partial charge >= 0.3 is 6.09 Å². The molecule has 2 rings (SSSR count). The summed E-state index contributed by atoms with van der Waals surface area (Å²) in [5.41, 5.74) is -0.509. The predicted octanol–water partition coefficient (Wildman–Crippen LogP) is 3.25. The molecule has 110 valence electrons. The van der Waals surface area contributed by atoms with Crippen molar-refractivity contribution in [3.8, 4) is 0 Å². The van der Waals surface area contributed by atoms with Crippen molar-refractivity contribution in [2.75, 3.05) is 6.54 Å². The Labute approximate surface area is 116 Å². The minimum atomic E-state index is -0.448. The Hall–Kier alpha value is -0.770. The molecule has 1 aliphatic heterocycles. The summed E-state index contributed by atoms with van der Waals surface area (Å²) in [6.45, 7) is 10.6. The molecule has 0 radical (unpaired) electrons. The van der Waals surface area contributed by atoms with Crippen molar-refractivity contribution in [2.24, 2.45) is 5.41 Å². The van der Waals surface area contributed by atoms with Crippen molar-refractivity contribution in [3.05, 3.63) is 0 Å². The molecule has 0 aromatic rings. The van der Waals surface area contributed by atoms with E-state index in [-0.39, 0.29) is 17.1 Å². The van der Waals surface area contributed by atoms with Gasteiger partial charge < -0.3 is 14.8 Å². The maximum atomic E-state index is 11.7. The first-order chi connectivity index (χ1) is 8.66. The van der Waals surface area contributed by atoms with Gasteiger partial charge in [-0.05, 0) is 33.6 Å². The smallest absolute Gasteiger partial charge is 0.407 e. The van der Waals surface area contributed by atoms with Gasteiger partial charge in [-0.25, -0.2) is 4.79 Å². The Balaban J connectivity index is 1.87. The van der Waals surface area contributed by atoms with Crippen molar-refractivity contribution in [1.29, 1.82) is 0 Å². The lowest BCUT2D eigenvalue weighted by Gasteiger charge is -2.34. The van der Waals surface area contributed by atoms with Crippen LogP contribution in [0.4, 0.5) is 4.79 Å². The number of hydrogen-bond acceptors (Lipinski definition) is 3. The second kappa shape index (κ2) is 4.65. The SMILES string of the molecule is CC(C)(C)OC(=O)NCC(C)(C)C12CCCCC1O2. The highest BCUT2D eigenvalue weighted by Crippen LogP contribution is 2.57. The average molecular weight is 269 g/mol. The number of ether oxygens (including phenoxy) is 2. The van der Waals surface area contributed by atoms with Crippen LogP contribution in [0.25, 0.3) is 0 Å². The third kappa shape index (κ3) is 3.04. The van der Waals surface area contributed by atoms with Crippen LogP contribution in [0.1, 0.15) is 60.3 Å². The summed E-state index contributed by atoms with van der Waals surface area (Å²) in [5, 5.41) is 2.89. The van der Waals surface area contributed by atoms with Crippen LogP contribution < -0.4 is 5.32 Å². The standard InChI is InChI=1S/C15H27NO3/c1-13(2,3)19-12(17)16-10-14(4,5)15-9-7-6-8-11(15)18-15/h11H,6-10H2,1-5H3,(H,16,17). The van der Waals surface area contributed by atoms with Gasteiger partial charge in [0, 0.05) is 12.0 Å². The van der Waals surface area contributed by atoms with E-state index in [1.807, 2.05) is 20.8 Å². The van der Waals surface area contributed by atoms with E-state index in [0.29, 0.717) is 12.6 Å². The number of amides is 1. The van der Waals surface area contributed by atoms with Gasteiger partial charge in [0.2, 0.25) is 0 Å². The van der Waals surface area contributed by atoms with Gasteiger partial charge in [-0.15, -0.1) is 0 Å². The Bertz CT molecular complexity index is 359. The normalized spacial score (nSPS) is 30.5. The number of nitrogens with one attached hydrogen (secondary N) is 1. The van der Waals surface area contributed by atoms with Gasteiger partial charge in [0.15, 0.2) is 0 Å². The molecule has 0 spiro atoms. The van der Waals surface area contributed by atoms with E-state index in [1.54, 1.807) is 0 Å². The lowest BCUT2D eigenvalue weighted by atomic mass is 9.70. The molecule has 1 aliphatic carbocycles. The molecule has 2 fully saturated rings. The van der Waals surface area contributed by atoms with Crippen LogP contribution in [0.2, 0.25) is 0 Å². The van der Waals surface area contributed by atoms with Crippen LogP contribution in [0.15, 0.2) is 0 Å². The minimum absolute atomic E-state index is 0.0136. The third-order valence-electron chi connectivity index (χ3n) is 4.30. The number of alkyl carbamates (subject to hydrolysis) is 1. The molecule has 1 saturated heterocycles. The molecule has 2 atom stereocenters. The number of hydrogen-bond donors (Lipinski definition) is 1. The van der Waals surface area contributed by atoms with Crippen LogP contribution in [-0.4, -0.2) is 29.9 Å². The Morgan fingerprint density at radius 3 is 2.58 bits per heavy atom. The fourth-order valence-corrected chi connectivity index (χ4v) is 3.14. The molecule has 1 heterocycles. The third-order valence-corrected chi connectivity index (χ3v) is 4.30. The maximum absolute atomic E-state index is 11.7. The lowest BCUT2D eigenvalue weighted by molar-refractivity contribution is 0.0466. The molecular weight excluding hydrogens is 242 g/mol. The zero-order valence-electron chi connectivity index (χ0n) is 12.8. The summed E-state index contributed by atoms with van der Waals surface area (Å²) in [6, 6.07) is 0. The highest BCUT2D eigenvalue weighted by atomic mass is 16.6. The Morgan fingerprint density at radius 1 is 1.32 bits per heavy atom. The molecule has 2 unspecified atom stereocenters. The van der Waals surface area contributed by atoms with Crippen LogP contribution in [0.5, 0.6) is 0 Å². The number of carbonyl (C=O) groups excluding carboxylic acids is 1. The highest BCUT2D eigenvalue weighted by Gasteiger charge is 2.65. The highest BCUT2D eigenvalue weighted by molar-refractivity contribution is 5.67. The van der Waals surface area contributed by atoms with Gasteiger partial charge in [0.05, 0.1) is 6.10 Å². The monoisotopic (exact) mass is 269 g/mol. The first-order valence-corrected chi connectivity index (χ1v) is 7.31. The van der Waals surface area contributed by atoms with Gasteiger partial charge in [0.1, 0.15) is 11.2 Å². The van der Waals surface area contributed by atoms with Crippen molar-refractivity contribution in [1.82, 2.24) is 5.32 Å². The Kier molecular flexibility index (Phi) is 3.58. The van der Waals surface area contributed by atoms with E-state index in [4.69, 9.17) is 9.47 Å². The number of fused-ring (bicyclic) bond motifs is 1. The van der Waals surface area contributed by atoms with E-state index in [2.05, 4.69) is 19.2 Å². The van der Waals surface area contributed by atoms with Crippen LogP contribution >= 0.6 is 0 Å². The molecule has 19 heavy (non-hydrogen) atoms. The lowest BCUT2D eigenvalue weighted by Crippen LogP contribution is -2.46. The molecule has 1 N–H and O–H groups in total. The van der Waals surface area contributed by atoms with Crippen molar-refractivity contribution in [2.45, 2.75) is 77.6 Å². The average Bonchev–Trinajstić information content (AvgIpc) is 3.00. The number of epoxide rings is 1. The maximum Gasteiger partial charge on any atom is 0.407 e. The number of rotatable bonds is 3. The zero-order chi connectivity index (χ0) is 14.3. The molecular formula is C15H27NO3. The molecule has 1 saturated carbocycles. The first-order valence-electron chi connectivity index (χ1n) is 7.31. The summed E-state index contributed by atoms with van der Waals surface area (Å²) in [7, 11) is 0. The molecule has 2 aliphatic rings. The van der Waals surface area contributed by atoms with Crippen molar-refractivity contribution >= 4 is 6.09 Å². The second-order valence-corrected chi connectivity index (χ2v) is 7.48. The zero-order valence-corrected chi connectivity index (χ0v) is 12.8. The summed E-state index contributed by atoms with van der Waals surface area (Å²) in [4.78, 5) is 11.7. The Morgan fingerprint density at radius 2 is 2.00 bits per heavy atom. The van der Waals surface area contributed by atoms with Crippen LogP contribution in [0, 0.1) is 5.41 Å². The minimum Gasteiger partial charge on any atom is -0.444 e. The number of carbonyl (C=O) groups is 1. The summed E-state index contributed by atoms with van der Waals surface area (Å²) in [5.74, 6) is 0. The van der Waals surface area contributed by atoms with Crippen LogP contribution in [-0.2, 0) is 9.47 Å².